The molecule has 0 bridgehead atoms. The molecule has 0 heterocycles. The fraction of sp³-hybridized carbons (Fsp3) is 0.333. The Kier molecular flexibility index (Phi) is 6.10. The Morgan fingerprint density at radius 1 is 0.650 bits per heavy atom. The van der Waals surface area contributed by atoms with Crippen molar-refractivity contribution in [2.75, 3.05) is 0 Å². The van der Waals surface area contributed by atoms with Gasteiger partial charge in [0.15, 0.2) is 0 Å². The van der Waals surface area contributed by atoms with Gasteiger partial charge in [0.2, 0.25) is 0 Å². The standard InChI is InChI=1S/2C9H12O/c1-7(2)8-3-5-9(10)6-4-8;1-7(2)8-4-3-5-9(10)6-8/h2*3-7,10H,1-2H3. The van der Waals surface area contributed by atoms with E-state index in [1.54, 1.807) is 24.3 Å². The summed E-state index contributed by atoms with van der Waals surface area (Å²) in [6.07, 6.45) is 0. The molecule has 108 valence electrons. The van der Waals surface area contributed by atoms with Gasteiger partial charge >= 0.3 is 0 Å². The second kappa shape index (κ2) is 7.59. The van der Waals surface area contributed by atoms with Gasteiger partial charge in [-0.25, -0.2) is 0 Å². The molecule has 0 radical (unpaired) electrons. The molecule has 20 heavy (non-hydrogen) atoms. The van der Waals surface area contributed by atoms with Crippen molar-refractivity contribution in [3.63, 3.8) is 0 Å². The van der Waals surface area contributed by atoms with Crippen molar-refractivity contribution in [1.82, 2.24) is 0 Å². The monoisotopic (exact) mass is 272 g/mol. The number of hydrogen-bond acceptors (Lipinski definition) is 2. The Hall–Kier alpha value is -1.96. The predicted octanol–water partition coefficient (Wildman–Crippen LogP) is 5.03. The summed E-state index contributed by atoms with van der Waals surface area (Å²) in [6, 6.07) is 14.7. The van der Waals surface area contributed by atoms with E-state index in [1.165, 1.54) is 11.1 Å². The third-order valence-corrected chi connectivity index (χ3v) is 3.10. The van der Waals surface area contributed by atoms with Crippen molar-refractivity contribution in [3.8, 4) is 11.5 Å². The van der Waals surface area contributed by atoms with Gasteiger partial charge in [-0.3, -0.25) is 0 Å². The van der Waals surface area contributed by atoms with E-state index in [0.717, 1.165) is 0 Å². The minimum atomic E-state index is 0.337. The highest BCUT2D eigenvalue weighted by molar-refractivity contribution is 5.29. The molecule has 0 saturated carbocycles. The van der Waals surface area contributed by atoms with Gasteiger partial charge in [0.05, 0.1) is 0 Å². The van der Waals surface area contributed by atoms with Gasteiger partial charge in [0.1, 0.15) is 11.5 Å². The van der Waals surface area contributed by atoms with Crippen LogP contribution in [0.3, 0.4) is 0 Å². The molecule has 0 atom stereocenters. The van der Waals surface area contributed by atoms with Crippen LogP contribution in [-0.2, 0) is 0 Å². The molecule has 0 aromatic heterocycles. The van der Waals surface area contributed by atoms with E-state index in [2.05, 4.69) is 27.7 Å². The Bertz CT molecular complexity index is 513. The molecule has 2 N–H and O–H groups in total. The van der Waals surface area contributed by atoms with Crippen LogP contribution >= 0.6 is 0 Å². The highest BCUT2D eigenvalue weighted by Gasteiger charge is 1.97. The van der Waals surface area contributed by atoms with Crippen LogP contribution in [0.4, 0.5) is 0 Å². The topological polar surface area (TPSA) is 40.5 Å². The summed E-state index contributed by atoms with van der Waals surface area (Å²) >= 11 is 0. The first-order valence-corrected chi connectivity index (χ1v) is 6.98. The Morgan fingerprint density at radius 3 is 1.60 bits per heavy atom. The van der Waals surface area contributed by atoms with Crippen LogP contribution in [0.2, 0.25) is 0 Å². The van der Waals surface area contributed by atoms with Crippen molar-refractivity contribution < 1.29 is 10.2 Å². The molecular weight excluding hydrogens is 248 g/mol. The second-order valence-electron chi connectivity index (χ2n) is 5.50. The average Bonchev–Trinajstić information content (AvgIpc) is 2.40. The van der Waals surface area contributed by atoms with Crippen LogP contribution in [0, 0.1) is 0 Å². The third kappa shape index (κ3) is 5.35. The number of phenolic OH excluding ortho intramolecular Hbond substituents is 2. The van der Waals surface area contributed by atoms with Gasteiger partial charge in [0, 0.05) is 0 Å². The molecule has 0 aliphatic heterocycles. The summed E-state index contributed by atoms with van der Waals surface area (Å²) in [5.74, 6) is 1.73. The summed E-state index contributed by atoms with van der Waals surface area (Å²) in [5.41, 5.74) is 2.44. The quantitative estimate of drug-likeness (QED) is 0.804. The molecule has 2 nitrogen and oxygen atoms in total. The minimum absolute atomic E-state index is 0.337. The number of hydrogen-bond donors (Lipinski definition) is 2. The molecular formula is C18H24O2. The van der Waals surface area contributed by atoms with Crippen LogP contribution in [0.25, 0.3) is 0 Å². The van der Waals surface area contributed by atoms with E-state index >= 15 is 0 Å². The Morgan fingerprint density at radius 2 is 1.20 bits per heavy atom. The zero-order valence-electron chi connectivity index (χ0n) is 12.7. The van der Waals surface area contributed by atoms with Crippen molar-refractivity contribution in [2.24, 2.45) is 0 Å². The van der Waals surface area contributed by atoms with Crippen LogP contribution in [0.1, 0.15) is 50.7 Å². The SMILES string of the molecule is CC(C)c1ccc(O)cc1.CC(C)c1cccc(O)c1. The predicted molar refractivity (Wildman–Crippen MR) is 84.4 cm³/mol. The normalized spacial score (nSPS) is 10.3. The van der Waals surface area contributed by atoms with E-state index < -0.39 is 0 Å². The number of aromatic hydroxyl groups is 2. The second-order valence-corrected chi connectivity index (χ2v) is 5.50. The van der Waals surface area contributed by atoms with Crippen LogP contribution in [0.15, 0.2) is 48.5 Å². The fourth-order valence-electron chi connectivity index (χ4n) is 1.74. The van der Waals surface area contributed by atoms with Crippen LogP contribution < -0.4 is 0 Å². The largest absolute Gasteiger partial charge is 0.508 e. The summed E-state index contributed by atoms with van der Waals surface area (Å²) in [4.78, 5) is 0. The minimum Gasteiger partial charge on any atom is -0.508 e. The van der Waals surface area contributed by atoms with E-state index in [1.807, 2.05) is 24.3 Å². The molecule has 0 saturated heterocycles. The van der Waals surface area contributed by atoms with Gasteiger partial charge in [-0.2, -0.15) is 0 Å². The van der Waals surface area contributed by atoms with Gasteiger partial charge in [-0.1, -0.05) is 52.0 Å². The maximum absolute atomic E-state index is 9.06. The van der Waals surface area contributed by atoms with Gasteiger partial charge < -0.3 is 10.2 Å². The first-order chi connectivity index (χ1) is 9.40. The smallest absolute Gasteiger partial charge is 0.115 e. The molecule has 0 spiro atoms. The van der Waals surface area contributed by atoms with Gasteiger partial charge in [0.25, 0.3) is 0 Å². The van der Waals surface area contributed by atoms with Crippen molar-refractivity contribution in [2.45, 2.75) is 39.5 Å². The van der Waals surface area contributed by atoms with Crippen molar-refractivity contribution in [1.29, 1.82) is 0 Å². The molecule has 0 aliphatic rings. The highest BCUT2D eigenvalue weighted by Crippen LogP contribution is 2.18. The summed E-state index contributed by atoms with van der Waals surface area (Å²) < 4.78 is 0. The van der Waals surface area contributed by atoms with Gasteiger partial charge in [-0.05, 0) is 47.2 Å². The van der Waals surface area contributed by atoms with E-state index in [4.69, 9.17) is 10.2 Å². The Balaban J connectivity index is 0.000000200. The molecule has 0 fully saturated rings. The highest BCUT2D eigenvalue weighted by atomic mass is 16.3. The maximum atomic E-state index is 9.06. The third-order valence-electron chi connectivity index (χ3n) is 3.10. The lowest BCUT2D eigenvalue weighted by atomic mass is 10.0. The zero-order chi connectivity index (χ0) is 15.1. The van der Waals surface area contributed by atoms with E-state index in [0.29, 0.717) is 23.3 Å². The zero-order valence-corrected chi connectivity index (χ0v) is 12.7. The van der Waals surface area contributed by atoms with E-state index in [9.17, 15) is 0 Å². The summed E-state index contributed by atoms with van der Waals surface area (Å²) in [5, 5.41) is 18.0. The number of rotatable bonds is 2. The van der Waals surface area contributed by atoms with Crippen LogP contribution in [-0.4, -0.2) is 10.2 Å². The van der Waals surface area contributed by atoms with Crippen molar-refractivity contribution >= 4 is 0 Å². The maximum Gasteiger partial charge on any atom is 0.115 e. The molecule has 2 heteroatoms. The number of benzene rings is 2. The fourth-order valence-corrected chi connectivity index (χ4v) is 1.74. The first kappa shape index (κ1) is 16.1. The molecule has 0 amide bonds. The summed E-state index contributed by atoms with van der Waals surface area (Å²) in [6.45, 7) is 8.47. The number of phenols is 2. The lowest BCUT2D eigenvalue weighted by molar-refractivity contribution is 0.474. The lowest BCUT2D eigenvalue weighted by Crippen LogP contribution is -1.84. The van der Waals surface area contributed by atoms with Crippen LogP contribution in [0.5, 0.6) is 11.5 Å². The average molecular weight is 272 g/mol. The van der Waals surface area contributed by atoms with Crippen molar-refractivity contribution in [3.05, 3.63) is 59.7 Å². The Labute approximate surface area is 121 Å². The van der Waals surface area contributed by atoms with Gasteiger partial charge in [-0.15, -0.1) is 0 Å². The molecule has 0 aliphatic carbocycles. The molecule has 2 rings (SSSR count). The first-order valence-electron chi connectivity index (χ1n) is 6.98. The van der Waals surface area contributed by atoms with E-state index in [-0.39, 0.29) is 0 Å². The molecule has 2 aromatic rings. The lowest BCUT2D eigenvalue weighted by Gasteiger charge is -2.03. The molecule has 2 aromatic carbocycles. The summed E-state index contributed by atoms with van der Waals surface area (Å²) in [7, 11) is 0. The molecule has 0 unspecified atom stereocenters.